The molecule has 0 heterocycles. The van der Waals surface area contributed by atoms with Gasteiger partial charge in [0.15, 0.2) is 0 Å². The van der Waals surface area contributed by atoms with Crippen LogP contribution < -0.4 is 12.4 Å². The van der Waals surface area contributed by atoms with E-state index in [1.54, 1.807) is 0 Å². The van der Waals surface area contributed by atoms with Crippen molar-refractivity contribution >= 4 is 0 Å². The maximum Gasteiger partial charge on any atom is 2.00 e. The predicted molar refractivity (Wildman–Crippen MR) is 36.8 cm³/mol. The number of nitrogens with one attached hydrogen (secondary N) is 4. The maximum absolute atomic E-state index is 6.26. The molecule has 0 aliphatic heterocycles. The van der Waals surface area contributed by atoms with Crippen molar-refractivity contribution in [2.75, 3.05) is 26.2 Å². The molecule has 0 aromatic carbocycles. The summed E-state index contributed by atoms with van der Waals surface area (Å²) in [5.74, 6) is 0. The van der Waals surface area contributed by atoms with Crippen molar-refractivity contribution in [3.05, 3.63) is 22.9 Å². The van der Waals surface area contributed by atoms with Crippen LogP contribution in [0.3, 0.4) is 0 Å². The second-order valence-electron chi connectivity index (χ2n) is 1.000. The van der Waals surface area contributed by atoms with Crippen LogP contribution in [-0.2, 0) is 17.1 Å². The van der Waals surface area contributed by atoms with Crippen molar-refractivity contribution in [2.45, 2.75) is 0 Å². The van der Waals surface area contributed by atoms with Gasteiger partial charge >= 0.3 is 17.1 Å². The van der Waals surface area contributed by atoms with Gasteiger partial charge in [0.05, 0.1) is 0 Å². The summed E-state index contributed by atoms with van der Waals surface area (Å²) in [5.41, 5.74) is 25.1. The van der Waals surface area contributed by atoms with Gasteiger partial charge in [-0.15, -0.1) is 0 Å². The van der Waals surface area contributed by atoms with E-state index in [0.717, 1.165) is 0 Å². The van der Waals surface area contributed by atoms with Gasteiger partial charge in [-0.25, -0.2) is 0 Å². The molecule has 0 saturated carbocycles. The van der Waals surface area contributed by atoms with Crippen LogP contribution in [0, 0.1) is 0 Å². The predicted octanol–water partition coefficient (Wildman–Crippen LogP) is -0.817. The Labute approximate surface area is 78.9 Å². The number of hydrogen-bond acceptors (Lipinski definition) is 0. The largest absolute Gasteiger partial charge is 2.00 e. The number of halogens is 1. The third kappa shape index (κ3) is 72.1. The molecule has 0 aliphatic carbocycles. The van der Waals surface area contributed by atoms with Gasteiger partial charge in [-0.05, 0) is 0 Å². The molecule has 0 fully saturated rings. The summed E-state index contributed by atoms with van der Waals surface area (Å²) in [4.78, 5) is 0. The average molecular weight is 215 g/mol. The number of rotatable bonds is 2. The molecule has 0 saturated heterocycles. The standard InChI is InChI=1S/2C2H6N2.ClH.Cu/c2*3-1-2-4;;/h2*3-4H,1-2H2;1H;/q2*-2;;+2/p-1. The van der Waals surface area contributed by atoms with Crippen LogP contribution in [0.5, 0.6) is 0 Å². The summed E-state index contributed by atoms with van der Waals surface area (Å²) in [6.45, 7) is 0.944. The van der Waals surface area contributed by atoms with Crippen LogP contribution >= 0.6 is 0 Å². The van der Waals surface area contributed by atoms with E-state index in [9.17, 15) is 0 Å². The summed E-state index contributed by atoms with van der Waals surface area (Å²) in [6, 6.07) is 0. The van der Waals surface area contributed by atoms with Gasteiger partial charge < -0.3 is 35.3 Å². The zero-order valence-electron chi connectivity index (χ0n) is 5.51. The van der Waals surface area contributed by atoms with Crippen molar-refractivity contribution in [1.29, 1.82) is 0 Å². The first kappa shape index (κ1) is 22.4. The Balaban J connectivity index is -0.0000000300. The zero-order chi connectivity index (χ0) is 6.83. The van der Waals surface area contributed by atoms with E-state index in [1.807, 2.05) is 0 Å². The Kier molecular flexibility index (Phi) is 74.9. The molecule has 0 spiro atoms. The molecule has 0 atom stereocenters. The van der Waals surface area contributed by atoms with Crippen LogP contribution in [0.25, 0.3) is 22.9 Å². The molecule has 69 valence electrons. The van der Waals surface area contributed by atoms with Crippen LogP contribution in [0.15, 0.2) is 0 Å². The van der Waals surface area contributed by atoms with Crippen LogP contribution in [-0.4, -0.2) is 26.2 Å². The van der Waals surface area contributed by atoms with Crippen LogP contribution in [0.4, 0.5) is 0 Å². The van der Waals surface area contributed by atoms with E-state index in [4.69, 9.17) is 22.9 Å². The first-order valence-corrected chi connectivity index (χ1v) is 2.41. The Morgan fingerprint density at radius 3 is 0.700 bits per heavy atom. The summed E-state index contributed by atoms with van der Waals surface area (Å²) >= 11 is 0. The van der Waals surface area contributed by atoms with Crippen LogP contribution in [0.1, 0.15) is 0 Å². The maximum atomic E-state index is 6.26. The van der Waals surface area contributed by atoms with E-state index < -0.39 is 0 Å². The molecule has 0 aromatic rings. The zero-order valence-corrected chi connectivity index (χ0v) is 7.21. The fourth-order valence-corrected chi connectivity index (χ4v) is 0. The van der Waals surface area contributed by atoms with Gasteiger partial charge in [0, 0.05) is 0 Å². The molecule has 10 heavy (non-hydrogen) atoms. The van der Waals surface area contributed by atoms with Gasteiger partial charge in [-0.3, -0.25) is 0 Å². The molecule has 0 rings (SSSR count). The molecular weight excluding hydrogens is 203 g/mol. The first-order chi connectivity index (χ1) is 3.83. The van der Waals surface area contributed by atoms with Gasteiger partial charge in [0.1, 0.15) is 0 Å². The normalized spacial score (nSPS) is 6.00. The SMILES string of the molecule is [Cl-].[Cu+2].[NH-]CC[NH-].[NH-]CC[NH-]. The van der Waals surface area contributed by atoms with Gasteiger partial charge in [0.2, 0.25) is 0 Å². The molecule has 1 radical (unpaired) electrons. The third-order valence-electron chi connectivity index (χ3n) is 0.250. The Morgan fingerprint density at radius 1 is 0.600 bits per heavy atom. The molecular formula is C4H12ClCuN4-3. The number of hydrogen-bond donors (Lipinski definition) is 0. The van der Waals surface area contributed by atoms with Crippen molar-refractivity contribution in [3.63, 3.8) is 0 Å². The average Bonchev–Trinajstić information content (AvgIpc) is 1.88. The summed E-state index contributed by atoms with van der Waals surface area (Å²) in [7, 11) is 0. The van der Waals surface area contributed by atoms with E-state index in [2.05, 4.69) is 0 Å². The minimum absolute atomic E-state index is 0. The van der Waals surface area contributed by atoms with Crippen molar-refractivity contribution in [2.24, 2.45) is 0 Å². The fourth-order valence-electron chi connectivity index (χ4n) is 0. The summed E-state index contributed by atoms with van der Waals surface area (Å²) in [5, 5.41) is 0. The molecule has 0 aromatic heterocycles. The second-order valence-corrected chi connectivity index (χ2v) is 1.000. The van der Waals surface area contributed by atoms with E-state index >= 15 is 0 Å². The summed E-state index contributed by atoms with van der Waals surface area (Å²) < 4.78 is 0. The van der Waals surface area contributed by atoms with Crippen LogP contribution in [0.2, 0.25) is 0 Å². The van der Waals surface area contributed by atoms with Gasteiger partial charge in [0.25, 0.3) is 0 Å². The van der Waals surface area contributed by atoms with E-state index in [1.165, 1.54) is 0 Å². The van der Waals surface area contributed by atoms with Crippen molar-refractivity contribution < 1.29 is 29.5 Å². The smallest absolute Gasteiger partial charge is 1.00 e. The first-order valence-electron chi connectivity index (χ1n) is 2.41. The molecule has 0 bridgehead atoms. The molecule has 6 heteroatoms. The second kappa shape index (κ2) is 33.4. The minimum atomic E-state index is 0. The summed E-state index contributed by atoms with van der Waals surface area (Å²) in [6.07, 6.45) is 0. The Bertz CT molecular complexity index is 25.2. The van der Waals surface area contributed by atoms with Gasteiger partial charge in [-0.2, -0.15) is 26.2 Å². The third-order valence-corrected chi connectivity index (χ3v) is 0.250. The van der Waals surface area contributed by atoms with Gasteiger partial charge in [-0.1, -0.05) is 0 Å². The Hall–Kier alpha value is 0.649. The van der Waals surface area contributed by atoms with Crippen molar-refractivity contribution in [3.8, 4) is 0 Å². The molecule has 0 aliphatic rings. The topological polar surface area (TPSA) is 95.2 Å². The monoisotopic (exact) mass is 214 g/mol. The minimum Gasteiger partial charge on any atom is -1.00 e. The molecule has 0 unspecified atom stereocenters. The molecule has 4 nitrogen and oxygen atoms in total. The van der Waals surface area contributed by atoms with E-state index in [-0.39, 0.29) is 55.7 Å². The Morgan fingerprint density at radius 2 is 0.700 bits per heavy atom. The van der Waals surface area contributed by atoms with Crippen molar-refractivity contribution in [1.82, 2.24) is 0 Å². The fraction of sp³-hybridized carbons (Fsp3) is 1.00. The molecule has 4 N–H and O–H groups in total. The molecule has 0 amide bonds. The quantitative estimate of drug-likeness (QED) is 0.538. The van der Waals surface area contributed by atoms with E-state index in [0.29, 0.717) is 0 Å².